The van der Waals surface area contributed by atoms with Crippen molar-refractivity contribution in [2.75, 3.05) is 5.32 Å². The molecular weight excluding hydrogens is 344 g/mol. The Kier molecular flexibility index (Phi) is 4.11. The van der Waals surface area contributed by atoms with Crippen LogP contribution in [0.2, 0.25) is 0 Å². The zero-order valence-corrected chi connectivity index (χ0v) is 13.6. The molecule has 3 rings (SSSR count). The maximum Gasteiger partial charge on any atom is 0.152 e. The number of rotatable bonds is 4. The second kappa shape index (κ2) is 6.19. The number of aromatic nitrogens is 3. The minimum atomic E-state index is 0.267. The Hall–Kier alpha value is -2.34. The van der Waals surface area contributed by atoms with Crippen LogP contribution in [0, 0.1) is 0 Å². The second-order valence-electron chi connectivity index (χ2n) is 4.85. The molecule has 0 fully saturated rings. The lowest BCUT2D eigenvalue weighted by Gasteiger charge is -2.08. The Morgan fingerprint density at radius 2 is 2.09 bits per heavy atom. The highest BCUT2D eigenvalue weighted by Crippen LogP contribution is 2.26. The van der Waals surface area contributed by atoms with Crippen molar-refractivity contribution in [1.82, 2.24) is 15.2 Å². The monoisotopic (exact) mass is 358 g/mol. The molecule has 0 spiro atoms. The molecule has 5 nitrogen and oxygen atoms in total. The van der Waals surface area contributed by atoms with Crippen molar-refractivity contribution in [2.45, 2.75) is 13.3 Å². The highest BCUT2D eigenvalue weighted by molar-refractivity contribution is 9.10. The van der Waals surface area contributed by atoms with Crippen molar-refractivity contribution in [2.24, 2.45) is 0 Å². The Morgan fingerprint density at radius 1 is 1.23 bits per heavy atom. The number of aromatic amines is 1. The summed E-state index contributed by atoms with van der Waals surface area (Å²) in [7, 11) is 0. The lowest BCUT2D eigenvalue weighted by atomic mass is 10.1. The summed E-state index contributed by atoms with van der Waals surface area (Å²) >= 11 is 3.43. The van der Waals surface area contributed by atoms with E-state index < -0.39 is 0 Å². The third kappa shape index (κ3) is 3.12. The van der Waals surface area contributed by atoms with E-state index in [-0.39, 0.29) is 5.75 Å². The highest BCUT2D eigenvalue weighted by atomic mass is 79.9. The molecule has 0 aliphatic rings. The highest BCUT2D eigenvalue weighted by Gasteiger charge is 2.08. The average Bonchev–Trinajstić information content (AvgIpc) is 2.97. The number of nitrogens with one attached hydrogen (secondary N) is 2. The van der Waals surface area contributed by atoms with Crippen LogP contribution in [0.15, 0.2) is 47.1 Å². The summed E-state index contributed by atoms with van der Waals surface area (Å²) in [4.78, 5) is 4.31. The Labute approximate surface area is 136 Å². The normalized spacial score (nSPS) is 10.6. The SMILES string of the molecule is CCc1cc(O)ccc1Nc1cc(-c2cc(Br)ccn2)[nH]n1. The van der Waals surface area contributed by atoms with Crippen molar-refractivity contribution in [3.05, 3.63) is 52.6 Å². The molecule has 0 atom stereocenters. The van der Waals surface area contributed by atoms with Crippen LogP contribution in [0.5, 0.6) is 5.75 Å². The van der Waals surface area contributed by atoms with Gasteiger partial charge in [0.2, 0.25) is 0 Å². The van der Waals surface area contributed by atoms with Gasteiger partial charge < -0.3 is 10.4 Å². The van der Waals surface area contributed by atoms with Gasteiger partial charge in [-0.05, 0) is 42.3 Å². The molecule has 3 N–H and O–H groups in total. The second-order valence-corrected chi connectivity index (χ2v) is 5.76. The molecule has 6 heteroatoms. The van der Waals surface area contributed by atoms with Crippen LogP contribution in [0.3, 0.4) is 0 Å². The van der Waals surface area contributed by atoms with Crippen LogP contribution in [0.1, 0.15) is 12.5 Å². The maximum atomic E-state index is 9.55. The first-order valence-electron chi connectivity index (χ1n) is 6.92. The van der Waals surface area contributed by atoms with E-state index in [0.29, 0.717) is 5.82 Å². The lowest BCUT2D eigenvalue weighted by molar-refractivity contribution is 0.474. The number of aromatic hydroxyl groups is 1. The topological polar surface area (TPSA) is 73.8 Å². The fourth-order valence-corrected chi connectivity index (χ4v) is 2.54. The van der Waals surface area contributed by atoms with Gasteiger partial charge in [0.25, 0.3) is 0 Å². The molecule has 0 saturated heterocycles. The summed E-state index contributed by atoms with van der Waals surface area (Å²) in [5.74, 6) is 0.973. The third-order valence-corrected chi connectivity index (χ3v) is 3.80. The first kappa shape index (κ1) is 14.6. The number of aryl methyl sites for hydroxylation is 1. The van der Waals surface area contributed by atoms with E-state index in [0.717, 1.165) is 33.5 Å². The zero-order valence-electron chi connectivity index (χ0n) is 12.0. The molecule has 0 unspecified atom stereocenters. The number of phenolic OH excluding ortho intramolecular Hbond substituents is 1. The minimum absolute atomic E-state index is 0.267. The molecule has 0 radical (unpaired) electrons. The van der Waals surface area contributed by atoms with E-state index in [1.165, 1.54) is 0 Å². The molecule has 2 aromatic heterocycles. The smallest absolute Gasteiger partial charge is 0.152 e. The molecule has 0 saturated carbocycles. The number of halogens is 1. The van der Waals surface area contributed by atoms with Crippen molar-refractivity contribution in [3.8, 4) is 17.1 Å². The van der Waals surface area contributed by atoms with E-state index >= 15 is 0 Å². The molecule has 112 valence electrons. The summed E-state index contributed by atoms with van der Waals surface area (Å²) in [6, 6.07) is 11.0. The predicted molar refractivity (Wildman–Crippen MR) is 90.3 cm³/mol. The number of anilines is 2. The van der Waals surface area contributed by atoms with Gasteiger partial charge in [-0.25, -0.2) is 0 Å². The number of pyridine rings is 1. The summed E-state index contributed by atoms with van der Waals surface area (Å²) in [6.07, 6.45) is 2.56. The maximum absolute atomic E-state index is 9.55. The van der Waals surface area contributed by atoms with Crippen molar-refractivity contribution in [1.29, 1.82) is 0 Å². The van der Waals surface area contributed by atoms with Crippen LogP contribution in [0.4, 0.5) is 11.5 Å². The summed E-state index contributed by atoms with van der Waals surface area (Å²) < 4.78 is 0.966. The molecule has 1 aromatic carbocycles. The van der Waals surface area contributed by atoms with Crippen LogP contribution in [-0.4, -0.2) is 20.3 Å². The fourth-order valence-electron chi connectivity index (χ4n) is 2.20. The zero-order chi connectivity index (χ0) is 15.5. The Balaban J connectivity index is 1.86. The summed E-state index contributed by atoms with van der Waals surface area (Å²) in [6.45, 7) is 2.04. The molecule has 0 amide bonds. The summed E-state index contributed by atoms with van der Waals surface area (Å²) in [5, 5.41) is 20.0. The van der Waals surface area contributed by atoms with E-state index in [2.05, 4.69) is 36.4 Å². The van der Waals surface area contributed by atoms with E-state index in [4.69, 9.17) is 0 Å². The van der Waals surface area contributed by atoms with E-state index in [1.54, 1.807) is 18.3 Å². The van der Waals surface area contributed by atoms with Crippen molar-refractivity contribution >= 4 is 27.4 Å². The third-order valence-electron chi connectivity index (χ3n) is 3.31. The molecular formula is C16H15BrN4O. The van der Waals surface area contributed by atoms with Gasteiger partial charge in [-0.1, -0.05) is 22.9 Å². The van der Waals surface area contributed by atoms with Gasteiger partial charge in [0.05, 0.1) is 11.4 Å². The summed E-state index contributed by atoms with van der Waals surface area (Å²) in [5.41, 5.74) is 3.61. The first-order chi connectivity index (χ1) is 10.7. The number of phenols is 1. The lowest BCUT2D eigenvalue weighted by Crippen LogP contribution is -1.95. The quantitative estimate of drug-likeness (QED) is 0.609. The predicted octanol–water partition coefficient (Wildman–Crippen LogP) is 4.25. The van der Waals surface area contributed by atoms with Crippen LogP contribution >= 0.6 is 15.9 Å². The van der Waals surface area contributed by atoms with Gasteiger partial charge in [0.15, 0.2) is 5.82 Å². The largest absolute Gasteiger partial charge is 0.508 e. The van der Waals surface area contributed by atoms with Crippen LogP contribution < -0.4 is 5.32 Å². The van der Waals surface area contributed by atoms with Gasteiger partial charge in [-0.3, -0.25) is 10.1 Å². The Morgan fingerprint density at radius 3 is 2.86 bits per heavy atom. The molecule has 0 aliphatic carbocycles. The van der Waals surface area contributed by atoms with E-state index in [9.17, 15) is 5.11 Å². The van der Waals surface area contributed by atoms with Crippen molar-refractivity contribution < 1.29 is 5.11 Å². The molecule has 3 aromatic rings. The molecule has 22 heavy (non-hydrogen) atoms. The number of hydrogen-bond acceptors (Lipinski definition) is 4. The van der Waals surface area contributed by atoms with Gasteiger partial charge in [-0.15, -0.1) is 0 Å². The molecule has 0 aliphatic heterocycles. The van der Waals surface area contributed by atoms with E-state index in [1.807, 2.05) is 31.2 Å². The van der Waals surface area contributed by atoms with Gasteiger partial charge in [-0.2, -0.15) is 5.10 Å². The van der Waals surface area contributed by atoms with Gasteiger partial charge in [0.1, 0.15) is 5.75 Å². The Bertz CT molecular complexity index is 800. The number of nitrogens with zero attached hydrogens (tertiary/aromatic N) is 2. The average molecular weight is 359 g/mol. The molecule has 2 heterocycles. The number of benzene rings is 1. The number of H-pyrrole nitrogens is 1. The van der Waals surface area contributed by atoms with Crippen LogP contribution in [-0.2, 0) is 6.42 Å². The van der Waals surface area contributed by atoms with Gasteiger partial charge >= 0.3 is 0 Å². The number of hydrogen-bond donors (Lipinski definition) is 3. The van der Waals surface area contributed by atoms with Crippen molar-refractivity contribution in [3.63, 3.8) is 0 Å². The first-order valence-corrected chi connectivity index (χ1v) is 7.71. The standard InChI is InChI=1S/C16H15BrN4O/c1-2-10-7-12(22)3-4-13(10)19-16-9-15(20-21-16)14-8-11(17)5-6-18-14/h3-9,22H,2H2,1H3,(H2,19,20,21). The fraction of sp³-hybridized carbons (Fsp3) is 0.125. The van der Waals surface area contributed by atoms with Gasteiger partial charge in [0, 0.05) is 22.4 Å². The van der Waals surface area contributed by atoms with Crippen LogP contribution in [0.25, 0.3) is 11.4 Å². The molecule has 0 bridgehead atoms. The minimum Gasteiger partial charge on any atom is -0.508 e.